The number of hydrogen-bond donors (Lipinski definition) is 0. The average molecular weight is 385 g/mol. The predicted octanol–water partition coefficient (Wildman–Crippen LogP) is 3.15. The molecule has 5 heteroatoms. The highest BCUT2D eigenvalue weighted by atomic mass is 16.5. The third-order valence-corrected chi connectivity index (χ3v) is 7.92. The number of pyridine rings is 1. The van der Waals surface area contributed by atoms with Crippen molar-refractivity contribution in [2.75, 3.05) is 57.4 Å². The average Bonchev–Trinajstić information content (AvgIpc) is 2.71. The van der Waals surface area contributed by atoms with Gasteiger partial charge in [-0.1, -0.05) is 12.5 Å². The second-order valence-corrected chi connectivity index (χ2v) is 9.52. The smallest absolute Gasteiger partial charge is 0.128 e. The second kappa shape index (κ2) is 8.29. The van der Waals surface area contributed by atoms with E-state index in [9.17, 15) is 0 Å². The van der Waals surface area contributed by atoms with Crippen LogP contribution in [0.1, 0.15) is 50.5 Å². The van der Waals surface area contributed by atoms with Crippen molar-refractivity contribution < 1.29 is 4.74 Å². The molecule has 1 aliphatic carbocycles. The minimum absolute atomic E-state index is 0.618. The minimum atomic E-state index is 0.618. The fourth-order valence-corrected chi connectivity index (χ4v) is 5.54. The van der Waals surface area contributed by atoms with E-state index in [1.54, 1.807) is 0 Å². The van der Waals surface area contributed by atoms with Gasteiger partial charge in [-0.2, -0.15) is 0 Å². The van der Waals surface area contributed by atoms with Crippen LogP contribution in [0.2, 0.25) is 0 Å². The van der Waals surface area contributed by atoms with Crippen LogP contribution in [-0.2, 0) is 11.3 Å². The van der Waals surface area contributed by atoms with E-state index >= 15 is 0 Å². The maximum absolute atomic E-state index is 5.44. The summed E-state index contributed by atoms with van der Waals surface area (Å²) in [6.45, 7) is 9.84. The molecule has 4 heterocycles. The Morgan fingerprint density at radius 1 is 0.929 bits per heavy atom. The normalized spacial score (nSPS) is 27.1. The lowest BCUT2D eigenvalue weighted by atomic mass is 9.70. The second-order valence-electron chi connectivity index (χ2n) is 9.52. The van der Waals surface area contributed by atoms with Crippen molar-refractivity contribution in [3.63, 3.8) is 0 Å². The van der Waals surface area contributed by atoms with Gasteiger partial charge in [-0.3, -0.25) is 4.90 Å². The minimum Gasteiger partial charge on any atom is -0.379 e. The zero-order valence-electron chi connectivity index (χ0n) is 17.3. The van der Waals surface area contributed by atoms with Gasteiger partial charge in [0.05, 0.1) is 13.2 Å². The van der Waals surface area contributed by atoms with Crippen molar-refractivity contribution in [3.05, 3.63) is 23.9 Å². The Balaban J connectivity index is 1.11. The third-order valence-electron chi connectivity index (χ3n) is 7.92. The van der Waals surface area contributed by atoms with Crippen LogP contribution in [0.5, 0.6) is 0 Å². The molecule has 5 rings (SSSR count). The van der Waals surface area contributed by atoms with Gasteiger partial charge in [-0.05, 0) is 68.7 Å². The zero-order chi connectivity index (χ0) is 18.8. The molecule has 3 saturated heterocycles. The number of ether oxygens (including phenoxy) is 1. The van der Waals surface area contributed by atoms with Gasteiger partial charge in [0.2, 0.25) is 0 Å². The zero-order valence-corrected chi connectivity index (χ0v) is 17.3. The maximum Gasteiger partial charge on any atom is 0.128 e. The van der Waals surface area contributed by atoms with Crippen molar-refractivity contribution in [2.45, 2.75) is 57.5 Å². The van der Waals surface area contributed by atoms with Crippen LogP contribution >= 0.6 is 0 Å². The molecule has 0 amide bonds. The van der Waals surface area contributed by atoms with Crippen LogP contribution in [-0.4, -0.2) is 73.3 Å². The maximum atomic E-state index is 5.44. The van der Waals surface area contributed by atoms with Gasteiger partial charge in [-0.15, -0.1) is 0 Å². The van der Waals surface area contributed by atoms with Gasteiger partial charge in [0, 0.05) is 45.0 Å². The Hall–Kier alpha value is -1.17. The van der Waals surface area contributed by atoms with Crippen molar-refractivity contribution in [2.24, 2.45) is 5.41 Å². The molecule has 0 radical (unpaired) electrons. The Morgan fingerprint density at radius 3 is 2.25 bits per heavy atom. The van der Waals surface area contributed by atoms with Gasteiger partial charge < -0.3 is 14.5 Å². The highest BCUT2D eigenvalue weighted by Crippen LogP contribution is 2.43. The number of piperidine rings is 2. The van der Waals surface area contributed by atoms with Crippen LogP contribution in [0.4, 0.5) is 5.82 Å². The van der Waals surface area contributed by atoms with Crippen LogP contribution < -0.4 is 4.90 Å². The molecule has 4 fully saturated rings. The molecule has 0 aromatic carbocycles. The molecule has 1 aromatic rings. The van der Waals surface area contributed by atoms with Crippen LogP contribution in [0.25, 0.3) is 0 Å². The van der Waals surface area contributed by atoms with Gasteiger partial charge in [0.25, 0.3) is 0 Å². The molecule has 1 saturated carbocycles. The summed E-state index contributed by atoms with van der Waals surface area (Å²) in [5.74, 6) is 1.17. The summed E-state index contributed by atoms with van der Waals surface area (Å²) < 4.78 is 5.44. The van der Waals surface area contributed by atoms with E-state index in [2.05, 4.69) is 33.0 Å². The number of aromatic nitrogens is 1. The molecule has 1 aromatic heterocycles. The van der Waals surface area contributed by atoms with E-state index in [1.165, 1.54) is 82.5 Å². The van der Waals surface area contributed by atoms with Crippen LogP contribution in [0, 0.1) is 5.41 Å². The summed E-state index contributed by atoms with van der Waals surface area (Å²) in [5, 5.41) is 0. The van der Waals surface area contributed by atoms with E-state index in [4.69, 9.17) is 9.72 Å². The SMILES string of the molecule is c1cc(N2CCC3(CC2)CCN(C2CCC2)CC3)ncc1CN1CCOCC1. The Morgan fingerprint density at radius 2 is 1.64 bits per heavy atom. The summed E-state index contributed by atoms with van der Waals surface area (Å²) in [6.07, 6.45) is 12.0. The highest BCUT2D eigenvalue weighted by Gasteiger charge is 2.39. The van der Waals surface area contributed by atoms with Crippen LogP contribution in [0.3, 0.4) is 0 Å². The largest absolute Gasteiger partial charge is 0.379 e. The first-order valence-electron chi connectivity index (χ1n) is 11.5. The first-order chi connectivity index (χ1) is 13.8. The van der Waals surface area contributed by atoms with Crippen molar-refractivity contribution >= 4 is 5.82 Å². The quantitative estimate of drug-likeness (QED) is 0.796. The molecular weight excluding hydrogens is 348 g/mol. The molecule has 0 unspecified atom stereocenters. The summed E-state index contributed by atoms with van der Waals surface area (Å²) in [5.41, 5.74) is 1.94. The lowest BCUT2D eigenvalue weighted by Gasteiger charge is -2.50. The fraction of sp³-hybridized carbons (Fsp3) is 0.783. The summed E-state index contributed by atoms with van der Waals surface area (Å²) >= 11 is 0. The molecule has 0 bridgehead atoms. The van der Waals surface area contributed by atoms with Gasteiger partial charge in [0.1, 0.15) is 5.82 Å². The summed E-state index contributed by atoms with van der Waals surface area (Å²) in [7, 11) is 0. The topological polar surface area (TPSA) is 31.8 Å². The Kier molecular flexibility index (Phi) is 5.58. The first-order valence-corrected chi connectivity index (χ1v) is 11.5. The monoisotopic (exact) mass is 384 g/mol. The van der Waals surface area contributed by atoms with Crippen LogP contribution in [0.15, 0.2) is 18.3 Å². The molecule has 0 atom stereocenters. The predicted molar refractivity (Wildman–Crippen MR) is 113 cm³/mol. The van der Waals surface area contributed by atoms with E-state index in [-0.39, 0.29) is 0 Å². The number of hydrogen-bond acceptors (Lipinski definition) is 5. The number of morpholine rings is 1. The van der Waals surface area contributed by atoms with Gasteiger partial charge in [-0.25, -0.2) is 4.98 Å². The van der Waals surface area contributed by atoms with E-state index in [0.717, 1.165) is 38.9 Å². The molecule has 4 aliphatic rings. The van der Waals surface area contributed by atoms with Gasteiger partial charge in [0.15, 0.2) is 0 Å². The van der Waals surface area contributed by atoms with Crippen molar-refractivity contribution in [1.29, 1.82) is 0 Å². The van der Waals surface area contributed by atoms with E-state index < -0.39 is 0 Å². The molecule has 5 nitrogen and oxygen atoms in total. The van der Waals surface area contributed by atoms with Crippen molar-refractivity contribution in [3.8, 4) is 0 Å². The number of anilines is 1. The molecule has 0 N–H and O–H groups in total. The molecule has 3 aliphatic heterocycles. The highest BCUT2D eigenvalue weighted by molar-refractivity contribution is 5.40. The Labute approximate surface area is 170 Å². The van der Waals surface area contributed by atoms with Crippen molar-refractivity contribution in [1.82, 2.24) is 14.8 Å². The number of likely N-dealkylation sites (tertiary alicyclic amines) is 1. The molecule has 154 valence electrons. The van der Waals surface area contributed by atoms with Gasteiger partial charge >= 0.3 is 0 Å². The number of nitrogens with zero attached hydrogens (tertiary/aromatic N) is 4. The van der Waals surface area contributed by atoms with E-state index in [0.29, 0.717) is 5.41 Å². The Bertz CT molecular complexity index is 621. The lowest BCUT2D eigenvalue weighted by Crippen LogP contribution is -2.51. The summed E-state index contributed by atoms with van der Waals surface area (Å²) in [4.78, 5) is 12.6. The molecular formula is C23H36N4O. The van der Waals surface area contributed by atoms with E-state index in [1.807, 2.05) is 0 Å². The number of rotatable bonds is 4. The molecule has 1 spiro atoms. The summed E-state index contributed by atoms with van der Waals surface area (Å²) in [6, 6.07) is 5.45. The standard InChI is InChI=1S/C23H36N4O/c1-2-21(3-1)26-10-6-23(7-11-26)8-12-27(13-9-23)22-5-4-20(18-24-22)19-25-14-16-28-17-15-25/h4-5,18,21H,1-3,6-17,19H2. The lowest BCUT2D eigenvalue weighted by molar-refractivity contribution is 0.0305. The third kappa shape index (κ3) is 4.07. The first kappa shape index (κ1) is 18.8. The fourth-order valence-electron chi connectivity index (χ4n) is 5.54. The molecule has 28 heavy (non-hydrogen) atoms.